The van der Waals surface area contributed by atoms with Gasteiger partial charge in [-0.1, -0.05) is 43.5 Å². The molecule has 2 aromatic carbocycles. The van der Waals surface area contributed by atoms with Gasteiger partial charge in [0.25, 0.3) is 0 Å². The van der Waals surface area contributed by atoms with E-state index in [4.69, 9.17) is 18.9 Å². The van der Waals surface area contributed by atoms with E-state index in [1.165, 1.54) is 0 Å². The first kappa shape index (κ1) is 30.1. The Kier molecular flexibility index (Phi) is 15.5. The van der Waals surface area contributed by atoms with E-state index in [0.717, 1.165) is 32.1 Å². The van der Waals surface area contributed by atoms with Crippen molar-refractivity contribution in [3.8, 4) is 11.5 Å². The van der Waals surface area contributed by atoms with Gasteiger partial charge in [0.2, 0.25) is 11.8 Å². The topological polar surface area (TPSA) is 95.1 Å². The normalized spacial score (nSPS) is 10.6. The molecule has 0 atom stereocenters. The fourth-order valence-electron chi connectivity index (χ4n) is 3.63. The van der Waals surface area contributed by atoms with E-state index in [0.29, 0.717) is 75.4 Å². The number of anilines is 2. The quantitative estimate of drug-likeness (QED) is 0.216. The smallest absolute Gasteiger partial charge is 0.224 e. The Morgan fingerprint density at radius 2 is 1.00 bits per heavy atom. The number of rotatable bonds is 20. The first-order valence-electron chi connectivity index (χ1n) is 13.3. The maximum Gasteiger partial charge on any atom is 0.224 e. The van der Waals surface area contributed by atoms with Crippen LogP contribution in [0.1, 0.15) is 58.8 Å². The summed E-state index contributed by atoms with van der Waals surface area (Å²) in [6.45, 7) is 7.07. The number of carbonyl (C=O) groups is 2. The third kappa shape index (κ3) is 13.1. The number of ether oxygens (including phenoxy) is 4. The Labute approximate surface area is 221 Å². The summed E-state index contributed by atoms with van der Waals surface area (Å²) in [5.74, 6) is 1.24. The number of carbonyl (C=O) groups excluding carboxylic acids is 2. The first-order chi connectivity index (χ1) is 18.1. The van der Waals surface area contributed by atoms with Crippen LogP contribution < -0.4 is 20.1 Å². The second kappa shape index (κ2) is 19.1. The van der Waals surface area contributed by atoms with Crippen LogP contribution in [0.3, 0.4) is 0 Å². The minimum atomic E-state index is -0.0256. The average Bonchev–Trinajstić information content (AvgIpc) is 2.90. The van der Waals surface area contributed by atoms with Gasteiger partial charge in [-0.05, 0) is 51.0 Å². The van der Waals surface area contributed by atoms with Crippen LogP contribution in [0.15, 0.2) is 48.5 Å². The summed E-state index contributed by atoms with van der Waals surface area (Å²) >= 11 is 0. The molecule has 0 bridgehead atoms. The lowest BCUT2D eigenvalue weighted by molar-refractivity contribution is -0.117. The van der Waals surface area contributed by atoms with Crippen molar-refractivity contribution in [2.75, 3.05) is 50.3 Å². The lowest BCUT2D eigenvalue weighted by Gasteiger charge is -2.12. The number of unbranched alkanes of at least 4 members (excludes halogenated alkanes) is 4. The lowest BCUT2D eigenvalue weighted by Crippen LogP contribution is -2.13. The number of amides is 2. The van der Waals surface area contributed by atoms with Gasteiger partial charge in [-0.3, -0.25) is 9.59 Å². The molecule has 0 aromatic heterocycles. The van der Waals surface area contributed by atoms with E-state index in [1.54, 1.807) is 0 Å². The molecule has 0 spiro atoms. The lowest BCUT2D eigenvalue weighted by atomic mass is 10.1. The van der Waals surface area contributed by atoms with Crippen molar-refractivity contribution < 1.29 is 28.5 Å². The van der Waals surface area contributed by atoms with Crippen molar-refractivity contribution in [3.63, 3.8) is 0 Å². The van der Waals surface area contributed by atoms with Gasteiger partial charge in [0.15, 0.2) is 0 Å². The average molecular weight is 515 g/mol. The van der Waals surface area contributed by atoms with E-state index in [1.807, 2.05) is 62.4 Å². The Morgan fingerprint density at radius 3 is 1.43 bits per heavy atom. The number of hydrogen-bond acceptors (Lipinski definition) is 6. The molecule has 8 nitrogen and oxygen atoms in total. The second-order valence-corrected chi connectivity index (χ2v) is 8.45. The van der Waals surface area contributed by atoms with Gasteiger partial charge < -0.3 is 29.6 Å². The Morgan fingerprint density at radius 1 is 0.595 bits per heavy atom. The van der Waals surface area contributed by atoms with Gasteiger partial charge in [0, 0.05) is 26.1 Å². The molecule has 0 aliphatic heterocycles. The summed E-state index contributed by atoms with van der Waals surface area (Å²) < 4.78 is 22.0. The third-order valence-corrected chi connectivity index (χ3v) is 5.51. The molecule has 8 heteroatoms. The van der Waals surface area contributed by atoms with Crippen LogP contribution in [0.4, 0.5) is 11.4 Å². The molecule has 2 N–H and O–H groups in total. The van der Waals surface area contributed by atoms with E-state index in [9.17, 15) is 9.59 Å². The van der Waals surface area contributed by atoms with Crippen molar-refractivity contribution >= 4 is 23.2 Å². The van der Waals surface area contributed by atoms with Gasteiger partial charge in [-0.25, -0.2) is 0 Å². The zero-order valence-corrected chi connectivity index (χ0v) is 22.3. The second-order valence-electron chi connectivity index (χ2n) is 8.45. The molecule has 204 valence electrons. The highest BCUT2D eigenvalue weighted by molar-refractivity contribution is 5.92. The van der Waals surface area contributed by atoms with Gasteiger partial charge >= 0.3 is 0 Å². The molecule has 0 radical (unpaired) electrons. The zero-order chi connectivity index (χ0) is 26.6. The summed E-state index contributed by atoms with van der Waals surface area (Å²) in [7, 11) is 0. The summed E-state index contributed by atoms with van der Waals surface area (Å²) in [6.07, 6.45) is 5.38. The molecule has 0 saturated heterocycles. The third-order valence-electron chi connectivity index (χ3n) is 5.51. The monoisotopic (exact) mass is 514 g/mol. The molecule has 0 aliphatic carbocycles. The van der Waals surface area contributed by atoms with Gasteiger partial charge in [0.05, 0.1) is 24.6 Å². The van der Waals surface area contributed by atoms with Crippen molar-refractivity contribution in [2.45, 2.75) is 58.8 Å². The maximum absolute atomic E-state index is 12.4. The van der Waals surface area contributed by atoms with Crippen LogP contribution in [0.5, 0.6) is 11.5 Å². The standard InChI is InChI=1S/C29H42N2O6/c1-3-34-20-22-36-26-16-12-10-14-24(26)30-28(32)18-8-6-5-7-9-19-29(33)31-25-15-11-13-17-27(25)37-23-21-35-4-2/h10-17H,3-9,18-23H2,1-2H3,(H,30,32)(H,31,33). The molecular weight excluding hydrogens is 472 g/mol. The highest BCUT2D eigenvalue weighted by Gasteiger charge is 2.09. The number of para-hydroxylation sites is 4. The highest BCUT2D eigenvalue weighted by atomic mass is 16.5. The molecule has 0 heterocycles. The summed E-state index contributed by atoms with van der Waals surface area (Å²) in [5, 5.41) is 5.88. The van der Waals surface area contributed by atoms with Crippen molar-refractivity contribution in [3.05, 3.63) is 48.5 Å². The van der Waals surface area contributed by atoms with Crippen molar-refractivity contribution in [1.29, 1.82) is 0 Å². The number of hydrogen-bond donors (Lipinski definition) is 2. The molecule has 2 rings (SSSR count). The minimum Gasteiger partial charge on any atom is -0.489 e. The molecule has 0 aliphatic rings. The maximum atomic E-state index is 12.4. The Balaban J connectivity index is 1.58. The van der Waals surface area contributed by atoms with Gasteiger partial charge in [0.1, 0.15) is 24.7 Å². The van der Waals surface area contributed by atoms with E-state index < -0.39 is 0 Å². The summed E-state index contributed by atoms with van der Waals surface area (Å²) in [6, 6.07) is 14.8. The summed E-state index contributed by atoms with van der Waals surface area (Å²) in [4.78, 5) is 24.7. The van der Waals surface area contributed by atoms with Crippen molar-refractivity contribution in [2.24, 2.45) is 0 Å². The van der Waals surface area contributed by atoms with Crippen LogP contribution in [0.2, 0.25) is 0 Å². The summed E-state index contributed by atoms with van der Waals surface area (Å²) in [5.41, 5.74) is 1.35. The van der Waals surface area contributed by atoms with Crippen LogP contribution in [-0.4, -0.2) is 51.5 Å². The van der Waals surface area contributed by atoms with Crippen LogP contribution in [0.25, 0.3) is 0 Å². The number of benzene rings is 2. The first-order valence-corrected chi connectivity index (χ1v) is 13.3. The van der Waals surface area contributed by atoms with Crippen LogP contribution in [0, 0.1) is 0 Å². The molecule has 0 saturated carbocycles. The van der Waals surface area contributed by atoms with E-state index >= 15 is 0 Å². The highest BCUT2D eigenvalue weighted by Crippen LogP contribution is 2.25. The molecule has 2 amide bonds. The van der Waals surface area contributed by atoms with Crippen LogP contribution >= 0.6 is 0 Å². The molecule has 2 aromatic rings. The molecular formula is C29H42N2O6. The minimum absolute atomic E-state index is 0.0256. The zero-order valence-electron chi connectivity index (χ0n) is 22.3. The Hall–Kier alpha value is -3.10. The van der Waals surface area contributed by atoms with Crippen molar-refractivity contribution in [1.82, 2.24) is 0 Å². The fourth-order valence-corrected chi connectivity index (χ4v) is 3.63. The SMILES string of the molecule is CCOCCOc1ccccc1NC(=O)CCCCCCCC(=O)Nc1ccccc1OCCOCC. The van der Waals surface area contributed by atoms with Gasteiger partial charge in [-0.2, -0.15) is 0 Å². The van der Waals surface area contributed by atoms with E-state index in [2.05, 4.69) is 10.6 Å². The molecule has 0 unspecified atom stereocenters. The van der Waals surface area contributed by atoms with E-state index in [-0.39, 0.29) is 11.8 Å². The van der Waals surface area contributed by atoms with Gasteiger partial charge in [-0.15, -0.1) is 0 Å². The largest absolute Gasteiger partial charge is 0.489 e. The molecule has 0 fully saturated rings. The van der Waals surface area contributed by atoms with Crippen LogP contribution in [-0.2, 0) is 19.1 Å². The number of nitrogens with one attached hydrogen (secondary N) is 2. The predicted molar refractivity (Wildman–Crippen MR) is 146 cm³/mol. The predicted octanol–water partition coefficient (Wildman–Crippen LogP) is 5.83. The Bertz CT molecular complexity index is 847. The molecule has 37 heavy (non-hydrogen) atoms. The fraction of sp³-hybridized carbons (Fsp3) is 0.517.